The molecule has 0 atom stereocenters. The summed E-state index contributed by atoms with van der Waals surface area (Å²) in [7, 11) is 0. The molecule has 0 saturated carbocycles. The maximum absolute atomic E-state index is 11.8. The Balaban J connectivity index is 4.10. The lowest BCUT2D eigenvalue weighted by Gasteiger charge is -2.21. The van der Waals surface area contributed by atoms with Crippen LogP contribution in [0.15, 0.2) is 4.36 Å². The SMILES string of the molecule is FC(F)(F)C(Cl)(Cl)CCN=S. The van der Waals surface area contributed by atoms with Crippen molar-refractivity contribution in [2.24, 2.45) is 4.36 Å². The molecular formula is C4H4Cl2F3NS. The predicted molar refractivity (Wildman–Crippen MR) is 39.8 cm³/mol. The van der Waals surface area contributed by atoms with Crippen LogP contribution in [0, 0.1) is 0 Å². The highest BCUT2D eigenvalue weighted by molar-refractivity contribution is 7.47. The molecule has 1 nitrogen and oxygen atoms in total. The minimum Gasteiger partial charge on any atom is -0.219 e. The van der Waals surface area contributed by atoms with E-state index in [1.807, 2.05) is 0 Å². The molecule has 0 spiro atoms. The Morgan fingerprint density at radius 2 is 1.73 bits per heavy atom. The van der Waals surface area contributed by atoms with Crippen molar-refractivity contribution in [3.63, 3.8) is 0 Å². The van der Waals surface area contributed by atoms with Crippen LogP contribution in [-0.4, -0.2) is 17.1 Å². The third-order valence-electron chi connectivity index (χ3n) is 0.932. The Morgan fingerprint density at radius 3 is 2.00 bits per heavy atom. The number of rotatable bonds is 3. The standard InChI is InChI=1S/C4H4Cl2F3NS/c5-3(6,1-2-10-11)4(7,8)9/h1-2H2. The summed E-state index contributed by atoms with van der Waals surface area (Å²) in [6.07, 6.45) is -5.14. The van der Waals surface area contributed by atoms with Crippen LogP contribution in [0.3, 0.4) is 0 Å². The van der Waals surface area contributed by atoms with E-state index < -0.39 is 16.9 Å². The van der Waals surface area contributed by atoms with Crippen molar-refractivity contribution in [3.05, 3.63) is 0 Å². The quantitative estimate of drug-likeness (QED) is 0.674. The molecule has 0 aromatic heterocycles. The van der Waals surface area contributed by atoms with Gasteiger partial charge in [-0.15, -0.1) is 0 Å². The van der Waals surface area contributed by atoms with Crippen LogP contribution in [0.4, 0.5) is 13.2 Å². The summed E-state index contributed by atoms with van der Waals surface area (Å²) in [5.41, 5.74) is 0. The fourth-order valence-electron chi connectivity index (χ4n) is 0.328. The van der Waals surface area contributed by atoms with Crippen LogP contribution in [0.25, 0.3) is 0 Å². The molecule has 0 N–H and O–H groups in total. The first kappa shape index (κ1) is 11.4. The summed E-state index contributed by atoms with van der Waals surface area (Å²) >= 11 is 13.9. The molecule has 0 saturated heterocycles. The predicted octanol–water partition coefficient (Wildman–Crippen LogP) is 2.84. The second-order valence-electron chi connectivity index (χ2n) is 1.80. The maximum atomic E-state index is 11.8. The van der Waals surface area contributed by atoms with Gasteiger partial charge < -0.3 is 0 Å². The van der Waals surface area contributed by atoms with Crippen molar-refractivity contribution < 1.29 is 13.2 Å². The largest absolute Gasteiger partial charge is 0.421 e. The average Bonchev–Trinajstić information content (AvgIpc) is 1.81. The van der Waals surface area contributed by atoms with E-state index in [0.29, 0.717) is 0 Å². The lowest BCUT2D eigenvalue weighted by Crippen LogP contribution is -2.34. The molecule has 0 heterocycles. The maximum Gasteiger partial charge on any atom is 0.421 e. The monoisotopic (exact) mass is 225 g/mol. The average molecular weight is 226 g/mol. The zero-order valence-corrected chi connectivity index (χ0v) is 7.49. The Kier molecular flexibility index (Phi) is 4.00. The number of halogens is 5. The molecule has 0 fully saturated rings. The van der Waals surface area contributed by atoms with Crippen molar-refractivity contribution in [1.82, 2.24) is 0 Å². The van der Waals surface area contributed by atoms with Crippen molar-refractivity contribution in [3.8, 4) is 0 Å². The molecule has 0 amide bonds. The van der Waals surface area contributed by atoms with Gasteiger partial charge in [-0.05, 0) is 0 Å². The number of hydrogen-bond acceptors (Lipinski definition) is 2. The van der Waals surface area contributed by atoms with Gasteiger partial charge in [-0.25, -0.2) is 4.36 Å². The van der Waals surface area contributed by atoms with Gasteiger partial charge in [-0.2, -0.15) is 13.2 Å². The molecule has 0 aromatic rings. The molecule has 0 rings (SSSR count). The minimum absolute atomic E-state index is 0.179. The molecule has 66 valence electrons. The second kappa shape index (κ2) is 3.87. The van der Waals surface area contributed by atoms with Crippen molar-refractivity contribution >= 4 is 35.6 Å². The lowest BCUT2D eigenvalue weighted by atomic mass is 10.3. The molecule has 0 bridgehead atoms. The highest BCUT2D eigenvalue weighted by Gasteiger charge is 2.51. The van der Waals surface area contributed by atoms with Gasteiger partial charge in [0.2, 0.25) is 4.33 Å². The Bertz CT molecular complexity index is 147. The smallest absolute Gasteiger partial charge is 0.219 e. The highest BCUT2D eigenvalue weighted by atomic mass is 35.5. The van der Waals surface area contributed by atoms with Gasteiger partial charge in [-0.3, -0.25) is 0 Å². The van der Waals surface area contributed by atoms with E-state index in [0.717, 1.165) is 0 Å². The van der Waals surface area contributed by atoms with E-state index >= 15 is 0 Å². The van der Waals surface area contributed by atoms with Crippen molar-refractivity contribution in [1.29, 1.82) is 0 Å². The zero-order valence-electron chi connectivity index (χ0n) is 5.16. The summed E-state index contributed by atoms with van der Waals surface area (Å²) in [4.78, 5) is 0. The van der Waals surface area contributed by atoms with Gasteiger partial charge >= 0.3 is 6.18 Å². The van der Waals surface area contributed by atoms with Gasteiger partial charge in [0.25, 0.3) is 0 Å². The molecule has 0 unspecified atom stereocenters. The summed E-state index contributed by atoms with van der Waals surface area (Å²) < 4.78 is 35.8. The molecule has 0 aliphatic carbocycles. The molecule has 0 aliphatic rings. The lowest BCUT2D eigenvalue weighted by molar-refractivity contribution is -0.142. The molecule has 0 aromatic carbocycles. The first-order chi connectivity index (χ1) is 4.81. The fraction of sp³-hybridized carbons (Fsp3) is 1.00. The van der Waals surface area contributed by atoms with E-state index in [1.54, 1.807) is 0 Å². The molecule has 0 radical (unpaired) electrons. The van der Waals surface area contributed by atoms with Crippen LogP contribution in [0.2, 0.25) is 0 Å². The summed E-state index contributed by atoms with van der Waals surface area (Å²) in [6, 6.07) is 0. The third kappa shape index (κ3) is 3.53. The van der Waals surface area contributed by atoms with Crippen molar-refractivity contribution in [2.45, 2.75) is 16.9 Å². The third-order valence-corrected chi connectivity index (χ3v) is 1.92. The zero-order chi connectivity index (χ0) is 9.12. The van der Waals surface area contributed by atoms with E-state index in [2.05, 4.69) is 16.8 Å². The topological polar surface area (TPSA) is 12.4 Å². The Hall–Kier alpha value is 0.390. The van der Waals surface area contributed by atoms with E-state index in [4.69, 9.17) is 23.2 Å². The van der Waals surface area contributed by atoms with Gasteiger partial charge in [0, 0.05) is 18.8 Å². The second-order valence-corrected chi connectivity index (χ2v) is 3.55. The first-order valence-electron chi connectivity index (χ1n) is 2.55. The van der Waals surface area contributed by atoms with Crippen LogP contribution >= 0.6 is 23.2 Å². The van der Waals surface area contributed by atoms with Gasteiger partial charge in [0.15, 0.2) is 0 Å². The van der Waals surface area contributed by atoms with Gasteiger partial charge in [0.05, 0.1) is 6.54 Å². The Morgan fingerprint density at radius 1 is 1.27 bits per heavy atom. The molecule has 11 heavy (non-hydrogen) atoms. The fourth-order valence-corrected chi connectivity index (χ4v) is 0.588. The van der Waals surface area contributed by atoms with Crippen LogP contribution < -0.4 is 0 Å². The van der Waals surface area contributed by atoms with E-state index in [-0.39, 0.29) is 6.54 Å². The van der Waals surface area contributed by atoms with Gasteiger partial charge in [-0.1, -0.05) is 23.2 Å². The summed E-state index contributed by atoms with van der Waals surface area (Å²) in [5, 5.41) is 0. The van der Waals surface area contributed by atoms with Gasteiger partial charge in [0.1, 0.15) is 0 Å². The molecule has 7 heteroatoms. The highest BCUT2D eigenvalue weighted by Crippen LogP contribution is 2.42. The van der Waals surface area contributed by atoms with Crippen LogP contribution in [0.5, 0.6) is 0 Å². The Labute approximate surface area is 77.0 Å². The number of nitrogens with zero attached hydrogens (tertiary/aromatic N) is 1. The molecule has 0 aliphatic heterocycles. The normalized spacial score (nSPS) is 13.2. The van der Waals surface area contributed by atoms with Crippen molar-refractivity contribution in [2.75, 3.05) is 6.54 Å². The van der Waals surface area contributed by atoms with Crippen LogP contribution in [-0.2, 0) is 12.4 Å². The van der Waals surface area contributed by atoms with Crippen LogP contribution in [0.1, 0.15) is 6.42 Å². The first-order valence-corrected chi connectivity index (χ1v) is 3.67. The number of alkyl halides is 5. The summed E-state index contributed by atoms with van der Waals surface area (Å²) in [5.74, 6) is 0. The van der Waals surface area contributed by atoms with E-state index in [9.17, 15) is 13.2 Å². The van der Waals surface area contributed by atoms with E-state index in [1.165, 1.54) is 0 Å². The number of hydrogen-bond donors (Lipinski definition) is 0. The summed E-state index contributed by atoms with van der Waals surface area (Å²) in [6.45, 7) is -0.179. The minimum atomic E-state index is -4.63. The molecular weight excluding hydrogens is 222 g/mol.